The van der Waals surface area contributed by atoms with Crippen molar-refractivity contribution in [3.05, 3.63) is 245 Å². The molecular weight excluding hydrogens is 759 g/mol. The van der Waals surface area contributed by atoms with E-state index in [1.807, 2.05) is 0 Å². The first-order valence-corrected chi connectivity index (χ1v) is 22.4. The monoisotopic (exact) mass is 807 g/mol. The van der Waals surface area contributed by atoms with Gasteiger partial charge in [-0.3, -0.25) is 0 Å². The molecule has 0 aliphatic heterocycles. The largest absolute Gasteiger partial charge is 0.310 e. The van der Waals surface area contributed by atoms with Crippen LogP contribution in [0.5, 0.6) is 0 Å². The van der Waals surface area contributed by atoms with E-state index in [2.05, 4.69) is 246 Å². The number of fused-ring (bicyclic) bond motifs is 9. The van der Waals surface area contributed by atoms with E-state index in [0.717, 1.165) is 11.4 Å². The van der Waals surface area contributed by atoms with Gasteiger partial charge in [-0.25, -0.2) is 0 Å². The summed E-state index contributed by atoms with van der Waals surface area (Å²) < 4.78 is 0. The Balaban J connectivity index is 1.01. The molecule has 302 valence electrons. The molecule has 0 saturated heterocycles. The van der Waals surface area contributed by atoms with Crippen LogP contribution in [0.1, 0.15) is 73.6 Å². The smallest absolute Gasteiger partial charge is 0.0508 e. The van der Waals surface area contributed by atoms with Crippen LogP contribution in [0, 0.1) is 0 Å². The van der Waals surface area contributed by atoms with Crippen LogP contribution in [0.2, 0.25) is 0 Å². The molecule has 12 rings (SSSR count). The van der Waals surface area contributed by atoms with Gasteiger partial charge in [-0.05, 0) is 138 Å². The molecule has 1 unspecified atom stereocenters. The average Bonchev–Trinajstić information content (AvgIpc) is 3.84. The summed E-state index contributed by atoms with van der Waals surface area (Å²) in [6.07, 6.45) is 0. The first-order chi connectivity index (χ1) is 30.7. The maximum Gasteiger partial charge on any atom is 0.0508 e. The van der Waals surface area contributed by atoms with Crippen molar-refractivity contribution in [1.29, 1.82) is 0 Å². The van der Waals surface area contributed by atoms with Gasteiger partial charge < -0.3 is 4.90 Å². The highest BCUT2D eigenvalue weighted by Gasteiger charge is 2.42. The average molecular weight is 808 g/mol. The van der Waals surface area contributed by atoms with Gasteiger partial charge in [-0.1, -0.05) is 198 Å². The molecule has 3 aliphatic rings. The second kappa shape index (κ2) is 13.6. The minimum absolute atomic E-state index is 0.122. The molecule has 0 spiro atoms. The molecule has 0 bridgehead atoms. The van der Waals surface area contributed by atoms with Crippen molar-refractivity contribution in [2.75, 3.05) is 4.90 Å². The third kappa shape index (κ3) is 5.36. The van der Waals surface area contributed by atoms with Crippen molar-refractivity contribution >= 4 is 17.1 Å². The Labute approximate surface area is 372 Å². The lowest BCUT2D eigenvalue weighted by Crippen LogP contribution is -2.22. The zero-order chi connectivity index (χ0) is 42.7. The van der Waals surface area contributed by atoms with Gasteiger partial charge in [0, 0.05) is 27.6 Å². The van der Waals surface area contributed by atoms with Crippen molar-refractivity contribution in [3.63, 3.8) is 0 Å². The molecule has 0 amide bonds. The van der Waals surface area contributed by atoms with Crippen molar-refractivity contribution in [1.82, 2.24) is 0 Å². The van der Waals surface area contributed by atoms with Gasteiger partial charge >= 0.3 is 0 Å². The van der Waals surface area contributed by atoms with Gasteiger partial charge in [0.25, 0.3) is 0 Å². The molecule has 0 aromatic heterocycles. The molecule has 9 aromatic rings. The van der Waals surface area contributed by atoms with Gasteiger partial charge in [0.1, 0.15) is 0 Å². The lowest BCUT2D eigenvalue weighted by molar-refractivity contribution is 0.660. The van der Waals surface area contributed by atoms with Crippen LogP contribution in [0.4, 0.5) is 17.1 Å². The predicted octanol–water partition coefficient (Wildman–Crippen LogP) is 16.4. The number of anilines is 3. The standard InChI is InChI=1S/C62H49N/c1-60(2)53-28-12-9-23-48(53)51-26-16-25-46(58(51)60)42-18-15-21-45(38-42)63(57-31-17-27-52-49-24-10-13-29-54(49)61(3,4)59(52)57)44-35-32-40(33-36-44)41-34-37-50-47-22-11-14-30-55(47)62(5,56(50)39-41)43-19-7-6-8-20-43/h6-39H,1-5H3. The van der Waals surface area contributed by atoms with Crippen LogP contribution in [0.15, 0.2) is 206 Å². The number of rotatable bonds is 6. The lowest BCUT2D eigenvalue weighted by Gasteiger charge is -2.32. The van der Waals surface area contributed by atoms with Crippen molar-refractivity contribution in [3.8, 4) is 55.6 Å². The molecule has 0 N–H and O–H groups in total. The van der Waals surface area contributed by atoms with E-state index in [4.69, 9.17) is 0 Å². The topological polar surface area (TPSA) is 3.24 Å². The highest BCUT2D eigenvalue weighted by Crippen LogP contribution is 2.57. The van der Waals surface area contributed by atoms with E-state index in [1.165, 1.54) is 100 Å². The molecule has 1 atom stereocenters. The first kappa shape index (κ1) is 37.5. The highest BCUT2D eigenvalue weighted by molar-refractivity contribution is 5.93. The van der Waals surface area contributed by atoms with E-state index in [0.29, 0.717) is 0 Å². The Morgan fingerprint density at radius 3 is 1.51 bits per heavy atom. The summed E-state index contributed by atoms with van der Waals surface area (Å²) in [7, 11) is 0. The summed E-state index contributed by atoms with van der Waals surface area (Å²) in [5.41, 5.74) is 25.4. The van der Waals surface area contributed by atoms with Crippen LogP contribution in [-0.2, 0) is 16.2 Å². The fraction of sp³-hybridized carbons (Fsp3) is 0.129. The maximum atomic E-state index is 2.51. The van der Waals surface area contributed by atoms with Crippen LogP contribution in [-0.4, -0.2) is 0 Å². The normalized spacial score (nSPS) is 16.7. The van der Waals surface area contributed by atoms with Gasteiger partial charge in [0.15, 0.2) is 0 Å². The summed E-state index contributed by atoms with van der Waals surface area (Å²) in [6.45, 7) is 11.9. The fourth-order valence-corrected chi connectivity index (χ4v) is 11.9. The van der Waals surface area contributed by atoms with E-state index in [9.17, 15) is 0 Å². The minimum atomic E-state index is -0.250. The molecule has 9 aromatic carbocycles. The maximum absolute atomic E-state index is 2.51. The van der Waals surface area contributed by atoms with Crippen LogP contribution < -0.4 is 4.90 Å². The molecule has 63 heavy (non-hydrogen) atoms. The van der Waals surface area contributed by atoms with Crippen molar-refractivity contribution in [2.24, 2.45) is 0 Å². The number of hydrogen-bond donors (Lipinski definition) is 0. The third-order valence-corrected chi connectivity index (χ3v) is 14.9. The van der Waals surface area contributed by atoms with Crippen molar-refractivity contribution < 1.29 is 0 Å². The van der Waals surface area contributed by atoms with Gasteiger partial charge in [0.2, 0.25) is 0 Å². The van der Waals surface area contributed by atoms with Crippen molar-refractivity contribution in [2.45, 2.75) is 50.9 Å². The first-order valence-electron chi connectivity index (χ1n) is 22.4. The summed E-state index contributed by atoms with van der Waals surface area (Å²) in [5.74, 6) is 0. The molecule has 0 saturated carbocycles. The molecule has 0 fully saturated rings. The second-order valence-electron chi connectivity index (χ2n) is 19.0. The number of nitrogens with zero attached hydrogens (tertiary/aromatic N) is 1. The van der Waals surface area contributed by atoms with E-state index in [-0.39, 0.29) is 16.2 Å². The fourth-order valence-electron chi connectivity index (χ4n) is 11.9. The number of hydrogen-bond acceptors (Lipinski definition) is 1. The highest BCUT2D eigenvalue weighted by atomic mass is 15.1. The van der Waals surface area contributed by atoms with E-state index in [1.54, 1.807) is 0 Å². The quantitative estimate of drug-likeness (QED) is 0.162. The second-order valence-corrected chi connectivity index (χ2v) is 19.0. The molecule has 1 heteroatoms. The Morgan fingerprint density at radius 2 is 0.810 bits per heavy atom. The number of benzene rings is 9. The van der Waals surface area contributed by atoms with Crippen LogP contribution in [0.25, 0.3) is 55.6 Å². The summed E-state index contributed by atoms with van der Waals surface area (Å²) >= 11 is 0. The molecule has 0 heterocycles. The predicted molar refractivity (Wildman–Crippen MR) is 265 cm³/mol. The molecular formula is C62H49N. The Hall–Kier alpha value is -7.22. The Kier molecular flexibility index (Phi) is 8.13. The summed E-state index contributed by atoms with van der Waals surface area (Å²) in [4.78, 5) is 2.51. The molecule has 3 aliphatic carbocycles. The van der Waals surface area contributed by atoms with Gasteiger partial charge in [-0.2, -0.15) is 0 Å². The van der Waals surface area contributed by atoms with Gasteiger partial charge in [0.05, 0.1) is 5.69 Å². The van der Waals surface area contributed by atoms with E-state index >= 15 is 0 Å². The Bertz CT molecular complexity index is 3290. The zero-order valence-corrected chi connectivity index (χ0v) is 36.6. The van der Waals surface area contributed by atoms with E-state index < -0.39 is 0 Å². The third-order valence-electron chi connectivity index (χ3n) is 14.9. The Morgan fingerprint density at radius 1 is 0.302 bits per heavy atom. The summed E-state index contributed by atoms with van der Waals surface area (Å²) in [6, 6.07) is 77.2. The van der Waals surface area contributed by atoms with Crippen LogP contribution >= 0.6 is 0 Å². The van der Waals surface area contributed by atoms with Crippen LogP contribution in [0.3, 0.4) is 0 Å². The lowest BCUT2D eigenvalue weighted by atomic mass is 9.74. The summed E-state index contributed by atoms with van der Waals surface area (Å²) in [5, 5.41) is 0. The zero-order valence-electron chi connectivity index (χ0n) is 36.6. The minimum Gasteiger partial charge on any atom is -0.310 e. The molecule has 1 nitrogen and oxygen atoms in total. The molecule has 0 radical (unpaired) electrons. The van der Waals surface area contributed by atoms with Gasteiger partial charge in [-0.15, -0.1) is 0 Å². The SMILES string of the molecule is CC1(C)c2ccccc2-c2cccc(-c3cccc(N(c4ccc(-c5ccc6c(c5)C(C)(c5ccccc5)c5ccccc5-6)cc4)c4cccc5c4C(C)(C)c4ccccc4-5)c3)c21.